The van der Waals surface area contributed by atoms with Crippen LogP contribution in [-0.2, 0) is 6.18 Å². The molecule has 0 saturated carbocycles. The van der Waals surface area contributed by atoms with Crippen molar-refractivity contribution in [1.29, 1.82) is 0 Å². The first kappa shape index (κ1) is 23.0. The normalized spacial score (nSPS) is 11.4. The molecular weight excluding hydrogens is 469 g/mol. The zero-order valence-electron chi connectivity index (χ0n) is 18.9. The second-order valence-corrected chi connectivity index (χ2v) is 8.06. The molecule has 0 atom stereocenters. The van der Waals surface area contributed by atoms with Gasteiger partial charge in [-0.05, 0) is 61.0 Å². The molecule has 5 aromatic rings. The first-order valence-corrected chi connectivity index (χ1v) is 10.9. The number of aromatic amines is 1. The number of halogens is 3. The van der Waals surface area contributed by atoms with Crippen LogP contribution < -0.4 is 10.6 Å². The molecule has 0 aliphatic carbocycles. The molecule has 2 aromatic carbocycles. The number of aryl methyl sites for hydroxylation is 1. The molecule has 0 bridgehead atoms. The topological polar surface area (TPSA) is 95.6 Å². The summed E-state index contributed by atoms with van der Waals surface area (Å²) in [5.74, 6) is 0.393. The Balaban J connectivity index is 1.44. The molecule has 0 spiro atoms. The summed E-state index contributed by atoms with van der Waals surface area (Å²) in [6, 6.07) is 14.9. The first-order chi connectivity index (χ1) is 17.3. The van der Waals surface area contributed by atoms with Crippen molar-refractivity contribution in [3.05, 3.63) is 95.9 Å². The van der Waals surface area contributed by atoms with Gasteiger partial charge in [0.05, 0.1) is 11.1 Å². The number of alkyl halides is 3. The molecule has 5 rings (SSSR count). The predicted octanol–water partition coefficient (Wildman–Crippen LogP) is 6.34. The van der Waals surface area contributed by atoms with Crippen molar-refractivity contribution in [2.45, 2.75) is 13.1 Å². The molecule has 10 heteroatoms. The van der Waals surface area contributed by atoms with Crippen molar-refractivity contribution >= 4 is 34.1 Å². The summed E-state index contributed by atoms with van der Waals surface area (Å²) in [5, 5.41) is 5.96. The van der Waals surface area contributed by atoms with E-state index in [4.69, 9.17) is 0 Å². The fraction of sp³-hybridized carbons (Fsp3) is 0.0769. The lowest BCUT2D eigenvalue weighted by Gasteiger charge is -2.14. The standard InChI is InChI=1S/C26H19F3N6O/c1-15-5-6-19(32-25(36)17-3-2-4-18(13-17)26(27,28)29)14-21(15)34-24-22-20(9-12-31-22)33-23(35-24)16-7-10-30-11-8-16/h2-14,31H,1H3,(H,32,36)(H,33,34,35). The Morgan fingerprint density at radius 2 is 1.78 bits per heavy atom. The van der Waals surface area contributed by atoms with Crippen LogP contribution >= 0.6 is 0 Å². The van der Waals surface area contributed by atoms with Crippen molar-refractivity contribution in [3.63, 3.8) is 0 Å². The predicted molar refractivity (Wildman–Crippen MR) is 131 cm³/mol. The maximum atomic E-state index is 13.0. The fourth-order valence-corrected chi connectivity index (χ4v) is 3.67. The van der Waals surface area contributed by atoms with Crippen molar-refractivity contribution in [3.8, 4) is 11.4 Å². The summed E-state index contributed by atoms with van der Waals surface area (Å²) in [6.07, 6.45) is 0.550. The summed E-state index contributed by atoms with van der Waals surface area (Å²) in [5.41, 5.74) is 3.18. The maximum Gasteiger partial charge on any atom is 0.416 e. The lowest BCUT2D eigenvalue weighted by atomic mass is 10.1. The number of hydrogen-bond acceptors (Lipinski definition) is 5. The van der Waals surface area contributed by atoms with Gasteiger partial charge < -0.3 is 15.6 Å². The van der Waals surface area contributed by atoms with Crippen molar-refractivity contribution < 1.29 is 18.0 Å². The van der Waals surface area contributed by atoms with Crippen LogP contribution in [0.25, 0.3) is 22.4 Å². The Morgan fingerprint density at radius 1 is 0.972 bits per heavy atom. The third-order valence-corrected chi connectivity index (χ3v) is 5.54. The van der Waals surface area contributed by atoms with Gasteiger partial charge in [0.2, 0.25) is 0 Å². The van der Waals surface area contributed by atoms with Crippen LogP contribution in [0.2, 0.25) is 0 Å². The molecule has 1 amide bonds. The van der Waals surface area contributed by atoms with E-state index in [0.29, 0.717) is 34.1 Å². The number of H-pyrrole nitrogens is 1. The summed E-state index contributed by atoms with van der Waals surface area (Å²) in [6.45, 7) is 1.89. The van der Waals surface area contributed by atoms with Gasteiger partial charge in [0.25, 0.3) is 5.91 Å². The van der Waals surface area contributed by atoms with Gasteiger partial charge in [-0.15, -0.1) is 0 Å². The van der Waals surface area contributed by atoms with Crippen LogP contribution in [-0.4, -0.2) is 25.8 Å². The number of nitrogens with zero attached hydrogens (tertiary/aromatic N) is 3. The van der Waals surface area contributed by atoms with Crippen LogP contribution in [0.5, 0.6) is 0 Å². The average Bonchev–Trinajstić information content (AvgIpc) is 3.35. The van der Waals surface area contributed by atoms with Gasteiger partial charge in [0.15, 0.2) is 11.6 Å². The highest BCUT2D eigenvalue weighted by Crippen LogP contribution is 2.31. The van der Waals surface area contributed by atoms with Crippen LogP contribution in [0.1, 0.15) is 21.5 Å². The van der Waals surface area contributed by atoms with Gasteiger partial charge in [0, 0.05) is 41.1 Å². The number of pyridine rings is 1. The Labute approximate surface area is 203 Å². The van der Waals surface area contributed by atoms with Gasteiger partial charge in [-0.1, -0.05) is 12.1 Å². The molecule has 0 fully saturated rings. The molecule has 3 N–H and O–H groups in total. The molecule has 0 aliphatic rings. The number of aromatic nitrogens is 4. The number of amides is 1. The van der Waals surface area contributed by atoms with E-state index in [1.165, 1.54) is 12.1 Å². The number of anilines is 3. The van der Waals surface area contributed by atoms with E-state index >= 15 is 0 Å². The highest BCUT2D eigenvalue weighted by Gasteiger charge is 2.30. The minimum atomic E-state index is -4.53. The van der Waals surface area contributed by atoms with E-state index in [2.05, 4.69) is 30.6 Å². The average molecular weight is 488 g/mol. The Hall–Kier alpha value is -4.73. The Bertz CT molecular complexity index is 1560. The van der Waals surface area contributed by atoms with Crippen LogP contribution in [0.4, 0.5) is 30.4 Å². The largest absolute Gasteiger partial charge is 0.416 e. The molecule has 3 heterocycles. The third-order valence-electron chi connectivity index (χ3n) is 5.54. The summed E-state index contributed by atoms with van der Waals surface area (Å²) < 4.78 is 39.1. The molecule has 180 valence electrons. The number of nitrogens with one attached hydrogen (secondary N) is 3. The van der Waals surface area contributed by atoms with Crippen LogP contribution in [0, 0.1) is 6.92 Å². The number of fused-ring (bicyclic) bond motifs is 1. The van der Waals surface area contributed by atoms with Crippen LogP contribution in [0.15, 0.2) is 79.3 Å². The van der Waals surface area contributed by atoms with Gasteiger partial charge >= 0.3 is 6.18 Å². The lowest BCUT2D eigenvalue weighted by Crippen LogP contribution is -2.14. The van der Waals surface area contributed by atoms with E-state index in [9.17, 15) is 18.0 Å². The zero-order valence-corrected chi connectivity index (χ0v) is 18.9. The monoisotopic (exact) mass is 488 g/mol. The SMILES string of the molecule is Cc1ccc(NC(=O)c2cccc(C(F)(F)F)c2)cc1Nc1nc(-c2ccncc2)nc2cc[nH]c12. The Kier molecular flexibility index (Phi) is 5.85. The number of carbonyl (C=O) groups is 1. The summed E-state index contributed by atoms with van der Waals surface area (Å²) in [7, 11) is 0. The molecule has 7 nitrogen and oxygen atoms in total. The molecule has 3 aromatic heterocycles. The van der Waals surface area contributed by atoms with Gasteiger partial charge in [0.1, 0.15) is 5.52 Å². The molecule has 0 aliphatic heterocycles. The third kappa shape index (κ3) is 4.74. The van der Waals surface area contributed by atoms with E-state index in [0.717, 1.165) is 23.3 Å². The van der Waals surface area contributed by atoms with Gasteiger partial charge in [-0.3, -0.25) is 9.78 Å². The van der Waals surface area contributed by atoms with E-state index in [1.54, 1.807) is 36.8 Å². The molecular formula is C26H19F3N6O. The number of rotatable bonds is 5. The van der Waals surface area contributed by atoms with Gasteiger partial charge in [-0.25, -0.2) is 9.97 Å². The highest BCUT2D eigenvalue weighted by atomic mass is 19.4. The minimum Gasteiger partial charge on any atom is -0.357 e. The van der Waals surface area contributed by atoms with Gasteiger partial charge in [-0.2, -0.15) is 13.2 Å². The molecule has 36 heavy (non-hydrogen) atoms. The highest BCUT2D eigenvalue weighted by molar-refractivity contribution is 6.04. The van der Waals surface area contributed by atoms with Crippen LogP contribution in [0.3, 0.4) is 0 Å². The number of carbonyl (C=O) groups excluding carboxylic acids is 1. The molecule has 0 radical (unpaired) electrons. The van der Waals surface area contributed by atoms with E-state index in [-0.39, 0.29) is 5.56 Å². The second kappa shape index (κ2) is 9.14. The van der Waals surface area contributed by atoms with Crippen molar-refractivity contribution in [2.24, 2.45) is 0 Å². The first-order valence-electron chi connectivity index (χ1n) is 10.9. The zero-order chi connectivity index (χ0) is 25.3. The maximum absolute atomic E-state index is 13.0. The van der Waals surface area contributed by atoms with E-state index < -0.39 is 17.6 Å². The van der Waals surface area contributed by atoms with Crippen molar-refractivity contribution in [2.75, 3.05) is 10.6 Å². The lowest BCUT2D eigenvalue weighted by molar-refractivity contribution is -0.137. The summed E-state index contributed by atoms with van der Waals surface area (Å²) >= 11 is 0. The fourth-order valence-electron chi connectivity index (χ4n) is 3.67. The second-order valence-electron chi connectivity index (χ2n) is 8.06. The summed E-state index contributed by atoms with van der Waals surface area (Å²) in [4.78, 5) is 29.1. The Morgan fingerprint density at radius 3 is 2.56 bits per heavy atom. The van der Waals surface area contributed by atoms with E-state index in [1.807, 2.05) is 25.1 Å². The molecule has 0 unspecified atom stereocenters. The minimum absolute atomic E-state index is 0.0919. The smallest absolute Gasteiger partial charge is 0.357 e. The quantitative estimate of drug-likeness (QED) is 0.268. The number of benzene rings is 2. The molecule has 0 saturated heterocycles. The number of hydrogen-bond donors (Lipinski definition) is 3. The van der Waals surface area contributed by atoms with Crippen molar-refractivity contribution in [1.82, 2.24) is 19.9 Å².